The molecule has 4 aromatic carbocycles. The molecule has 0 atom stereocenters. The van der Waals surface area contributed by atoms with Gasteiger partial charge in [-0.15, -0.1) is 18.0 Å². The zero-order valence-electron chi connectivity index (χ0n) is 23.8. The molecule has 0 N–H and O–H groups in total. The van der Waals surface area contributed by atoms with Gasteiger partial charge in [-0.3, -0.25) is 0 Å². The predicted octanol–water partition coefficient (Wildman–Crippen LogP) is 10.2. The molecule has 0 aliphatic carbocycles. The van der Waals surface area contributed by atoms with Crippen LogP contribution in [0.3, 0.4) is 0 Å². The van der Waals surface area contributed by atoms with Crippen LogP contribution in [0.2, 0.25) is 0 Å². The summed E-state index contributed by atoms with van der Waals surface area (Å²) in [5, 5.41) is 4.69. The van der Waals surface area contributed by atoms with Crippen molar-refractivity contribution in [3.63, 3.8) is 0 Å². The van der Waals surface area contributed by atoms with E-state index < -0.39 is 0 Å². The smallest absolute Gasteiger partial charge is 0.0124 e. The molecule has 0 saturated carbocycles. The Kier molecular flexibility index (Phi) is 10.3. The fraction of sp³-hybridized carbons (Fsp3) is 0.229. The first kappa shape index (κ1) is 30.3. The van der Waals surface area contributed by atoms with E-state index in [1.54, 1.807) is 0 Å². The molecule has 0 aromatic heterocycles. The first-order chi connectivity index (χ1) is 18.1. The molecular weight excluding hydrogens is 659 g/mol. The van der Waals surface area contributed by atoms with Gasteiger partial charge >= 0.3 is 0 Å². The minimum Gasteiger partial charge on any atom is -0.658 e. The molecule has 0 bridgehead atoms. The molecule has 0 amide bonds. The quantitative estimate of drug-likeness (QED) is 0.156. The monoisotopic (exact) mass is 698 g/mol. The van der Waals surface area contributed by atoms with Crippen molar-refractivity contribution in [1.29, 1.82) is 0 Å². The Labute approximate surface area is 251 Å². The number of hydrogen-bond donors (Lipinski definition) is 0. The summed E-state index contributed by atoms with van der Waals surface area (Å²) in [6, 6.07) is 37.7. The first-order valence-corrected chi connectivity index (χ1v) is 13.2. The Morgan fingerprint density at radius 3 is 1.13 bits per heavy atom. The third kappa shape index (κ3) is 8.63. The van der Waals surface area contributed by atoms with Crippen molar-refractivity contribution >= 4 is 22.7 Å². The fourth-order valence-electron chi connectivity index (χ4n) is 4.08. The van der Waals surface area contributed by atoms with Crippen LogP contribution in [0, 0.1) is 6.67 Å². The largest absolute Gasteiger partial charge is 0.658 e. The maximum atomic E-state index is 4.69. The Balaban J connectivity index is 0.000000214. The second kappa shape index (κ2) is 13.2. The average Bonchev–Trinajstić information content (AvgIpc) is 3.40. The Morgan fingerprint density at radius 2 is 0.821 bits per heavy atom. The summed E-state index contributed by atoms with van der Waals surface area (Å²) in [6.07, 6.45) is 4.12. The van der Waals surface area contributed by atoms with Crippen LogP contribution >= 0.6 is 0 Å². The van der Waals surface area contributed by atoms with Crippen LogP contribution in [0.15, 0.2) is 122 Å². The van der Waals surface area contributed by atoms with E-state index in [0.717, 1.165) is 11.4 Å². The molecule has 0 fully saturated rings. The summed E-state index contributed by atoms with van der Waals surface area (Å²) < 4.78 is 0. The van der Waals surface area contributed by atoms with Gasteiger partial charge < -0.3 is 15.1 Å². The molecule has 0 saturated heterocycles. The maximum Gasteiger partial charge on any atom is 0.0124 e. The Bertz CT molecular complexity index is 1200. The van der Waals surface area contributed by atoms with Gasteiger partial charge in [0.05, 0.1) is 0 Å². The minimum absolute atomic E-state index is 0. The van der Waals surface area contributed by atoms with E-state index >= 15 is 0 Å². The zero-order valence-corrected chi connectivity index (χ0v) is 25.9. The Hall–Kier alpha value is -3.24. The Morgan fingerprint density at radius 1 is 0.487 bits per heavy atom. The second-order valence-corrected chi connectivity index (χ2v) is 11.6. The predicted molar refractivity (Wildman–Crippen MR) is 164 cm³/mol. The minimum atomic E-state index is 0. The van der Waals surface area contributed by atoms with Gasteiger partial charge in [-0.1, -0.05) is 126 Å². The topological polar surface area (TPSA) is 20.6 Å². The molecule has 5 rings (SSSR count). The van der Waals surface area contributed by atoms with Crippen LogP contribution in [0.1, 0.15) is 52.7 Å². The van der Waals surface area contributed by atoms with Crippen molar-refractivity contribution < 1.29 is 22.4 Å². The van der Waals surface area contributed by atoms with Crippen molar-refractivity contribution in [2.45, 2.75) is 52.4 Å². The molecular formula is C35H39AuN3-2. The molecule has 0 unspecified atom stereocenters. The van der Waals surface area contributed by atoms with Crippen LogP contribution in [0.5, 0.6) is 0 Å². The summed E-state index contributed by atoms with van der Waals surface area (Å²) in [5.74, 6) is 0. The molecule has 1 aliphatic heterocycles. The molecule has 4 aromatic rings. The summed E-state index contributed by atoms with van der Waals surface area (Å²) >= 11 is 0. The van der Waals surface area contributed by atoms with Gasteiger partial charge in [0.2, 0.25) is 0 Å². The van der Waals surface area contributed by atoms with Gasteiger partial charge in [0.1, 0.15) is 0 Å². The zero-order chi connectivity index (χ0) is 27.2. The number of para-hydroxylation sites is 2. The van der Waals surface area contributed by atoms with Crippen LogP contribution in [0.4, 0.5) is 22.7 Å². The summed E-state index contributed by atoms with van der Waals surface area (Å²) in [5.41, 5.74) is 7.40. The molecule has 0 spiro atoms. The van der Waals surface area contributed by atoms with Gasteiger partial charge in [0.15, 0.2) is 0 Å². The number of nitrogens with zero attached hydrogens (tertiary/aromatic N) is 3. The molecule has 1 aliphatic rings. The van der Waals surface area contributed by atoms with Crippen molar-refractivity contribution in [3.05, 3.63) is 145 Å². The number of benzene rings is 4. The number of hydrogen-bond acceptors (Lipinski definition) is 2. The van der Waals surface area contributed by atoms with Crippen LogP contribution in [0.25, 0.3) is 5.32 Å². The van der Waals surface area contributed by atoms with E-state index in [1.807, 2.05) is 36.4 Å². The van der Waals surface area contributed by atoms with E-state index in [-0.39, 0.29) is 33.2 Å². The van der Waals surface area contributed by atoms with Gasteiger partial charge in [-0.05, 0) is 58.6 Å². The van der Waals surface area contributed by atoms with E-state index in [9.17, 15) is 0 Å². The standard InChI is InChI=1S/C20H26N.C15H13N2.Au/c1-19(2,3)15-7-11-17(12-8-15)21-18-13-9-16(10-14-18)20(4,5)6;1-3-7-14(8-4-1)16-11-12-17(13-16)15-9-5-2-6-10-15;/h7-14H,1-6H3;1-13H;/q2*-1;. The van der Waals surface area contributed by atoms with Crippen LogP contribution < -0.4 is 9.80 Å². The van der Waals surface area contributed by atoms with E-state index in [2.05, 4.69) is 149 Å². The maximum absolute atomic E-state index is 4.69. The van der Waals surface area contributed by atoms with Gasteiger partial charge in [-0.25, -0.2) is 0 Å². The average molecular weight is 699 g/mol. The third-order valence-corrected chi connectivity index (χ3v) is 6.47. The van der Waals surface area contributed by atoms with Crippen LogP contribution in [-0.4, -0.2) is 0 Å². The van der Waals surface area contributed by atoms with Crippen molar-refractivity contribution in [3.8, 4) is 0 Å². The summed E-state index contributed by atoms with van der Waals surface area (Å²) in [7, 11) is 0. The van der Waals surface area contributed by atoms with Crippen molar-refractivity contribution in [1.82, 2.24) is 0 Å². The molecule has 39 heavy (non-hydrogen) atoms. The SMILES string of the molecule is C1=CN(c2ccccc2)[CH-]N1c1ccccc1.CC(C)(C)c1ccc([N-]c2ccc(C(C)(C)C)cc2)cc1.[Au]. The summed E-state index contributed by atoms with van der Waals surface area (Å²) in [4.78, 5) is 4.21. The fourth-order valence-corrected chi connectivity index (χ4v) is 4.08. The van der Waals surface area contributed by atoms with E-state index in [1.165, 1.54) is 22.5 Å². The van der Waals surface area contributed by atoms with Crippen molar-refractivity contribution in [2.24, 2.45) is 0 Å². The van der Waals surface area contributed by atoms with Crippen molar-refractivity contribution in [2.75, 3.05) is 9.80 Å². The molecule has 1 radical (unpaired) electrons. The third-order valence-electron chi connectivity index (χ3n) is 6.47. The molecule has 3 nitrogen and oxygen atoms in total. The van der Waals surface area contributed by atoms with E-state index in [0.29, 0.717) is 0 Å². The van der Waals surface area contributed by atoms with Gasteiger partial charge in [0.25, 0.3) is 0 Å². The first-order valence-electron chi connectivity index (χ1n) is 13.2. The molecule has 207 valence electrons. The number of rotatable bonds is 4. The van der Waals surface area contributed by atoms with E-state index in [4.69, 9.17) is 0 Å². The second-order valence-electron chi connectivity index (χ2n) is 11.6. The van der Waals surface area contributed by atoms with Crippen LogP contribution in [-0.2, 0) is 33.2 Å². The molecule has 1 heterocycles. The van der Waals surface area contributed by atoms with Gasteiger partial charge in [-0.2, -0.15) is 0 Å². The number of anilines is 2. The van der Waals surface area contributed by atoms with Gasteiger partial charge in [0, 0.05) is 33.8 Å². The molecule has 4 heteroatoms. The summed E-state index contributed by atoms with van der Waals surface area (Å²) in [6.45, 7) is 15.4. The normalized spacial score (nSPS) is 12.9.